The van der Waals surface area contributed by atoms with Crippen molar-refractivity contribution < 1.29 is 27.2 Å². The number of fused-ring (bicyclic) bond motifs is 4. The molecule has 0 fully saturated rings. The van der Waals surface area contributed by atoms with Crippen molar-refractivity contribution in [2.45, 2.75) is 52.4 Å². The molecule has 0 spiro atoms. The third-order valence-corrected chi connectivity index (χ3v) is 9.97. The van der Waals surface area contributed by atoms with Gasteiger partial charge in [0.05, 0.1) is 24.2 Å². The van der Waals surface area contributed by atoms with E-state index < -0.39 is 15.0 Å². The third kappa shape index (κ3) is 7.26. The Morgan fingerprint density at radius 3 is 2.44 bits per heavy atom. The molecule has 4 N–H and O–H groups in total. The van der Waals surface area contributed by atoms with Crippen LogP contribution in [-0.2, 0) is 16.5 Å². The van der Waals surface area contributed by atoms with E-state index in [4.69, 9.17) is 25.7 Å². The van der Waals surface area contributed by atoms with Crippen molar-refractivity contribution in [2.24, 2.45) is 4.99 Å². The van der Waals surface area contributed by atoms with Crippen LogP contribution in [0.1, 0.15) is 45.2 Å². The van der Waals surface area contributed by atoms with Gasteiger partial charge >= 0.3 is 10.1 Å². The van der Waals surface area contributed by atoms with Crippen molar-refractivity contribution in [1.82, 2.24) is 14.8 Å². The van der Waals surface area contributed by atoms with E-state index >= 15 is 0 Å². The molecular weight excluding hydrogens is 656 g/mol. The molecule has 0 aromatic heterocycles. The molecule has 2 aliphatic heterocycles. The molecule has 0 unspecified atom stereocenters. The molecule has 2 heterocycles. The Morgan fingerprint density at radius 1 is 1.02 bits per heavy atom. The Kier molecular flexibility index (Phi) is 11.5. The van der Waals surface area contributed by atoms with Gasteiger partial charge < -0.3 is 29.8 Å². The fraction of sp³-hybridized carbons (Fsp3) is 0.471. The van der Waals surface area contributed by atoms with Crippen LogP contribution in [0.25, 0.3) is 22.6 Å². The molecule has 260 valence electrons. The number of benzene rings is 3. The van der Waals surface area contributed by atoms with Gasteiger partial charge in [0, 0.05) is 43.0 Å². The van der Waals surface area contributed by atoms with Gasteiger partial charge in [-0.15, -0.1) is 0 Å². The highest BCUT2D eigenvalue weighted by atomic mass is 35.5. The summed E-state index contributed by atoms with van der Waals surface area (Å²) in [6, 6.07) is 7.06. The number of hydrogen-bond donors (Lipinski definition) is 4. The lowest BCUT2D eigenvalue weighted by Crippen LogP contribution is -2.31. The minimum Gasteiger partial charge on any atom is -0.452 e. The Bertz CT molecular complexity index is 1930. The second-order valence-electron chi connectivity index (χ2n) is 11.7. The first-order valence-corrected chi connectivity index (χ1v) is 18.4. The number of ether oxygens (including phenoxy) is 1. The van der Waals surface area contributed by atoms with Gasteiger partial charge in [0.15, 0.2) is 27.7 Å². The number of halogens is 1. The zero-order chi connectivity index (χ0) is 34.6. The van der Waals surface area contributed by atoms with Crippen LogP contribution in [0.4, 0.5) is 17.1 Å². The van der Waals surface area contributed by atoms with Gasteiger partial charge in [-0.3, -0.25) is 14.4 Å². The number of anilines is 3. The van der Waals surface area contributed by atoms with Crippen LogP contribution in [0.15, 0.2) is 38.6 Å². The first-order chi connectivity index (χ1) is 23.1. The van der Waals surface area contributed by atoms with Crippen molar-refractivity contribution in [1.29, 1.82) is 0 Å². The molecule has 5 rings (SSSR count). The number of aliphatic hydroxyl groups excluding tert-OH is 1. The van der Waals surface area contributed by atoms with Gasteiger partial charge in [0.2, 0.25) is 0 Å². The van der Waals surface area contributed by atoms with Crippen molar-refractivity contribution in [3.8, 4) is 23.0 Å². The second-order valence-corrected chi connectivity index (χ2v) is 13.5. The highest BCUT2D eigenvalue weighted by Gasteiger charge is 2.31. The van der Waals surface area contributed by atoms with Gasteiger partial charge in [0.1, 0.15) is 21.9 Å². The van der Waals surface area contributed by atoms with Crippen LogP contribution in [0.2, 0.25) is 5.02 Å². The Hall–Kier alpha value is -3.46. The average molecular weight is 701 g/mol. The number of rotatable bonds is 15. The highest BCUT2D eigenvalue weighted by molar-refractivity contribution is 7.86. The summed E-state index contributed by atoms with van der Waals surface area (Å²) >= 11 is 6.98. The summed E-state index contributed by atoms with van der Waals surface area (Å²) in [5.41, 5.74) is 4.58. The molecule has 1 aliphatic carbocycles. The molecular formula is C34H45ClN6O6S. The topological polar surface area (TPSA) is 153 Å². The van der Waals surface area contributed by atoms with Crippen molar-refractivity contribution >= 4 is 49.9 Å². The number of aryl methyl sites for hydroxylation is 1. The number of nitrogens with one attached hydrogen (secondary N) is 2. The Labute approximate surface area is 286 Å². The molecule has 0 atom stereocenters. The van der Waals surface area contributed by atoms with E-state index in [9.17, 15) is 18.1 Å². The minimum absolute atomic E-state index is 0.0957. The molecule has 0 radical (unpaired) electrons. The largest absolute Gasteiger partial charge is 0.452 e. The average Bonchev–Trinajstić information content (AvgIpc) is 3.07. The summed E-state index contributed by atoms with van der Waals surface area (Å²) in [7, 11) is -4.75. The van der Waals surface area contributed by atoms with E-state index in [1.165, 1.54) is 6.07 Å². The van der Waals surface area contributed by atoms with Gasteiger partial charge in [-0.1, -0.05) is 39.3 Å². The first-order valence-electron chi connectivity index (χ1n) is 16.5. The summed E-state index contributed by atoms with van der Waals surface area (Å²) in [5.74, 6) is 1.04. The zero-order valence-electron chi connectivity index (χ0n) is 28.2. The van der Waals surface area contributed by atoms with Gasteiger partial charge in [-0.2, -0.15) is 8.42 Å². The second kappa shape index (κ2) is 15.4. The number of aliphatic hydroxyl groups is 1. The normalized spacial score (nSPS) is 13.2. The summed E-state index contributed by atoms with van der Waals surface area (Å²) in [4.78, 5) is 13.3. The van der Waals surface area contributed by atoms with E-state index in [1.54, 1.807) is 6.07 Å². The van der Waals surface area contributed by atoms with Gasteiger partial charge in [0.25, 0.3) is 0 Å². The molecule has 0 saturated heterocycles. The molecule has 2 aromatic rings. The lowest BCUT2D eigenvalue weighted by atomic mass is 10.0. The molecule has 14 heteroatoms. The number of nitrogens with zero attached hydrogens (tertiary/aromatic N) is 4. The molecule has 0 bridgehead atoms. The first kappa shape index (κ1) is 35.8. The molecule has 0 amide bonds. The molecule has 3 aliphatic rings. The molecule has 48 heavy (non-hydrogen) atoms. The van der Waals surface area contributed by atoms with Crippen molar-refractivity contribution in [3.05, 3.63) is 45.8 Å². The van der Waals surface area contributed by atoms with E-state index in [2.05, 4.69) is 46.2 Å². The predicted molar refractivity (Wildman–Crippen MR) is 190 cm³/mol. The van der Waals surface area contributed by atoms with Gasteiger partial charge in [-0.25, -0.2) is 4.98 Å². The Balaban J connectivity index is 1.56. The van der Waals surface area contributed by atoms with Crippen LogP contribution >= 0.6 is 11.6 Å². The highest BCUT2D eigenvalue weighted by Crippen LogP contribution is 2.53. The summed E-state index contributed by atoms with van der Waals surface area (Å²) in [5, 5.41) is 16.4. The molecule has 12 nitrogen and oxygen atoms in total. The number of aromatic nitrogens is 1. The van der Waals surface area contributed by atoms with Crippen molar-refractivity contribution in [3.63, 3.8) is 0 Å². The lowest BCUT2D eigenvalue weighted by molar-refractivity contribution is 0.206. The fourth-order valence-electron chi connectivity index (χ4n) is 6.13. The van der Waals surface area contributed by atoms with E-state index in [0.29, 0.717) is 61.0 Å². The van der Waals surface area contributed by atoms with E-state index in [1.807, 2.05) is 26.0 Å². The summed E-state index contributed by atoms with van der Waals surface area (Å²) in [6.07, 6.45) is 1.51. The van der Waals surface area contributed by atoms with E-state index in [-0.39, 0.29) is 34.0 Å². The fourth-order valence-corrected chi connectivity index (χ4v) is 7.16. The Morgan fingerprint density at radius 2 is 1.77 bits per heavy atom. The maximum atomic E-state index is 12.8. The standard InChI is InChI=1S/C34H45ClN6O6S/c1-6-16-40(8-3)17-15-37-26-13-12-25-32(34(26)48(43,44)45)47-33-27(35)29-31(22(7-2)28(33)38-25)46-30-21(5)23(10-11-24(30)39-29)36-14-18-41(9-4)19-20-42/h10-13,36,39,42H,6-9,14-20H2,1-5H3,(H,43,44,45). The number of hydrogen-bond acceptors (Lipinski definition) is 11. The molecule has 0 saturated carbocycles. The van der Waals surface area contributed by atoms with Crippen LogP contribution in [-0.4, -0.2) is 91.8 Å². The van der Waals surface area contributed by atoms with Gasteiger partial charge in [-0.05, 0) is 63.7 Å². The SMILES string of the molecule is CCCN(CC)CCN=c1ccc2nc3c(CC)c4c(c(Cl)c3oc-2c1S(=O)(=O)O)Nc1ccc(NCCN(CC)CCO)c(C)c1O4. The minimum atomic E-state index is -4.75. The maximum Gasteiger partial charge on any atom is 0.300 e. The van der Waals surface area contributed by atoms with E-state index in [0.717, 1.165) is 49.4 Å². The summed E-state index contributed by atoms with van der Waals surface area (Å²) in [6.45, 7) is 16.0. The van der Waals surface area contributed by atoms with Crippen LogP contribution in [0, 0.1) is 6.92 Å². The van der Waals surface area contributed by atoms with Crippen LogP contribution in [0.3, 0.4) is 0 Å². The predicted octanol–water partition coefficient (Wildman–Crippen LogP) is 5.91. The van der Waals surface area contributed by atoms with Crippen molar-refractivity contribution in [2.75, 3.05) is 69.6 Å². The monoisotopic (exact) mass is 700 g/mol. The smallest absolute Gasteiger partial charge is 0.300 e. The zero-order valence-corrected chi connectivity index (χ0v) is 29.8. The molecule has 2 aromatic carbocycles. The number of likely N-dealkylation sites (N-methyl/N-ethyl adjacent to an activating group) is 2. The van der Waals surface area contributed by atoms with Crippen LogP contribution in [0.5, 0.6) is 11.5 Å². The third-order valence-electron chi connectivity index (χ3n) is 8.70. The quantitative estimate of drug-likeness (QED) is 0.0762. The lowest BCUT2D eigenvalue weighted by Gasteiger charge is -2.28. The maximum absolute atomic E-state index is 12.8. The summed E-state index contributed by atoms with van der Waals surface area (Å²) < 4.78 is 48.7. The van der Waals surface area contributed by atoms with Crippen LogP contribution < -0.4 is 20.7 Å².